The van der Waals surface area contributed by atoms with Crippen molar-refractivity contribution in [3.8, 4) is 5.75 Å². The Hall–Kier alpha value is -2.33. The summed E-state index contributed by atoms with van der Waals surface area (Å²) >= 11 is 0. The summed E-state index contributed by atoms with van der Waals surface area (Å²) < 4.78 is 5.40. The van der Waals surface area contributed by atoms with Gasteiger partial charge in [0.25, 0.3) is 0 Å². The summed E-state index contributed by atoms with van der Waals surface area (Å²) in [5.74, 6) is -0.105. The summed E-state index contributed by atoms with van der Waals surface area (Å²) in [6, 6.07) is 5.26. The van der Waals surface area contributed by atoms with E-state index in [0.717, 1.165) is 11.1 Å². The topological polar surface area (TPSA) is 70.7 Å². The van der Waals surface area contributed by atoms with Crippen LogP contribution in [-0.4, -0.2) is 16.3 Å². The minimum absolute atomic E-state index is 0.105. The molecule has 1 heterocycles. The average Bonchev–Trinajstić information content (AvgIpc) is 2.45. The Morgan fingerprint density at radius 2 is 2.08 bits per heavy atom. The van der Waals surface area contributed by atoms with Gasteiger partial charge in [0.1, 0.15) is 11.3 Å². The van der Waals surface area contributed by atoms with Gasteiger partial charge in [-0.3, -0.25) is 0 Å². The Morgan fingerprint density at radius 3 is 2.67 bits per heavy atom. The quantitative estimate of drug-likeness (QED) is 0.643. The van der Waals surface area contributed by atoms with Crippen LogP contribution in [0.15, 0.2) is 51.7 Å². The Kier molecular flexibility index (Phi) is 4.99. The summed E-state index contributed by atoms with van der Waals surface area (Å²) in [6.07, 6.45) is 2.75. The molecule has 0 saturated carbocycles. The van der Waals surface area contributed by atoms with Crippen LogP contribution < -0.4 is 5.63 Å². The summed E-state index contributed by atoms with van der Waals surface area (Å²) in [6.45, 7) is 11.2. The predicted octanol–water partition coefficient (Wildman–Crippen LogP) is 3.97. The molecule has 1 unspecified atom stereocenters. The second-order valence-corrected chi connectivity index (χ2v) is 6.70. The van der Waals surface area contributed by atoms with Gasteiger partial charge in [0.05, 0.1) is 17.1 Å². The van der Waals surface area contributed by atoms with Gasteiger partial charge < -0.3 is 14.6 Å². The van der Waals surface area contributed by atoms with Gasteiger partial charge in [-0.05, 0) is 38.8 Å². The third kappa shape index (κ3) is 3.29. The average molecular weight is 328 g/mol. The highest BCUT2D eigenvalue weighted by Gasteiger charge is 2.33. The maximum absolute atomic E-state index is 12.5. The van der Waals surface area contributed by atoms with Crippen molar-refractivity contribution in [3.05, 3.63) is 64.1 Å². The SMILES string of the molecule is C=C[C@@](C)(CC(O)C=C(C)C)c1c(O)c2c(C)cccc2oc1=O. The number of aliphatic hydroxyl groups is 1. The van der Waals surface area contributed by atoms with E-state index in [2.05, 4.69) is 6.58 Å². The molecule has 2 aromatic rings. The normalized spacial score (nSPS) is 14.9. The van der Waals surface area contributed by atoms with Crippen LogP contribution in [0.5, 0.6) is 5.75 Å². The molecule has 0 saturated heterocycles. The molecule has 0 aliphatic carbocycles. The molecule has 0 bridgehead atoms. The third-order valence-electron chi connectivity index (χ3n) is 4.30. The number of rotatable bonds is 5. The summed E-state index contributed by atoms with van der Waals surface area (Å²) in [4.78, 5) is 12.5. The van der Waals surface area contributed by atoms with Crippen LogP contribution in [0.3, 0.4) is 0 Å². The highest BCUT2D eigenvalue weighted by atomic mass is 16.4. The number of hydrogen-bond donors (Lipinski definition) is 2. The molecule has 0 amide bonds. The van der Waals surface area contributed by atoms with Gasteiger partial charge in [-0.15, -0.1) is 6.58 Å². The number of aliphatic hydroxyl groups excluding tert-OH is 1. The summed E-state index contributed by atoms with van der Waals surface area (Å²) in [5.41, 5.74) is 0.716. The number of allylic oxidation sites excluding steroid dienone is 2. The molecule has 4 heteroatoms. The van der Waals surface area contributed by atoms with Gasteiger partial charge in [-0.1, -0.05) is 36.8 Å². The molecule has 24 heavy (non-hydrogen) atoms. The van der Waals surface area contributed by atoms with Gasteiger partial charge in [0, 0.05) is 5.41 Å². The molecule has 128 valence electrons. The highest BCUT2D eigenvalue weighted by Crippen LogP contribution is 2.39. The molecule has 4 nitrogen and oxygen atoms in total. The zero-order valence-corrected chi connectivity index (χ0v) is 14.6. The summed E-state index contributed by atoms with van der Waals surface area (Å²) in [7, 11) is 0. The molecule has 2 N–H and O–H groups in total. The fraction of sp³-hybridized carbons (Fsp3) is 0.350. The first-order valence-corrected chi connectivity index (χ1v) is 7.92. The van der Waals surface area contributed by atoms with E-state index in [0.29, 0.717) is 11.0 Å². The zero-order chi connectivity index (χ0) is 18.1. The van der Waals surface area contributed by atoms with E-state index >= 15 is 0 Å². The van der Waals surface area contributed by atoms with Gasteiger partial charge in [-0.25, -0.2) is 4.79 Å². The number of benzene rings is 1. The maximum Gasteiger partial charge on any atom is 0.344 e. The number of aromatic hydroxyl groups is 1. The second kappa shape index (κ2) is 6.65. The van der Waals surface area contributed by atoms with E-state index in [-0.39, 0.29) is 17.7 Å². The predicted molar refractivity (Wildman–Crippen MR) is 96.5 cm³/mol. The lowest BCUT2D eigenvalue weighted by Gasteiger charge is -2.28. The van der Waals surface area contributed by atoms with Crippen molar-refractivity contribution in [1.82, 2.24) is 0 Å². The lowest BCUT2D eigenvalue weighted by Crippen LogP contribution is -2.30. The van der Waals surface area contributed by atoms with E-state index in [9.17, 15) is 15.0 Å². The van der Waals surface area contributed by atoms with Crippen molar-refractivity contribution >= 4 is 11.0 Å². The zero-order valence-electron chi connectivity index (χ0n) is 14.6. The smallest absolute Gasteiger partial charge is 0.344 e. The van der Waals surface area contributed by atoms with Crippen LogP contribution in [0.2, 0.25) is 0 Å². The number of aryl methyl sites for hydroxylation is 1. The fourth-order valence-electron chi connectivity index (χ4n) is 3.07. The van der Waals surface area contributed by atoms with Crippen LogP contribution in [0.1, 0.15) is 38.3 Å². The van der Waals surface area contributed by atoms with Crippen LogP contribution in [0, 0.1) is 6.92 Å². The van der Waals surface area contributed by atoms with E-state index < -0.39 is 17.1 Å². The summed E-state index contributed by atoms with van der Waals surface area (Å²) in [5, 5.41) is 21.5. The molecule has 0 radical (unpaired) electrons. The lowest BCUT2D eigenvalue weighted by molar-refractivity contribution is 0.187. The Bertz CT molecular complexity index is 856. The molecule has 1 aromatic carbocycles. The Morgan fingerprint density at radius 1 is 1.42 bits per heavy atom. The van der Waals surface area contributed by atoms with Crippen molar-refractivity contribution in [2.75, 3.05) is 0 Å². The molecule has 0 aliphatic rings. The second-order valence-electron chi connectivity index (χ2n) is 6.70. The van der Waals surface area contributed by atoms with Crippen molar-refractivity contribution in [3.63, 3.8) is 0 Å². The molecule has 2 atom stereocenters. The standard InChI is InChI=1S/C20H24O4/c1-6-20(5,11-14(21)10-12(2)3)17-18(22)16-13(4)8-7-9-15(16)24-19(17)23/h6-10,14,21-22H,1,11H2,2-5H3/t14?,20-/m0/s1. The fourth-order valence-corrected chi connectivity index (χ4v) is 3.07. The Labute approximate surface area is 141 Å². The van der Waals surface area contributed by atoms with Gasteiger partial charge in [-0.2, -0.15) is 0 Å². The Balaban J connectivity index is 2.68. The largest absolute Gasteiger partial charge is 0.507 e. The van der Waals surface area contributed by atoms with Crippen molar-refractivity contribution in [1.29, 1.82) is 0 Å². The van der Waals surface area contributed by atoms with E-state index in [1.807, 2.05) is 26.8 Å². The first kappa shape index (κ1) is 18.0. The van der Waals surface area contributed by atoms with E-state index in [4.69, 9.17) is 4.42 Å². The van der Waals surface area contributed by atoms with Gasteiger partial charge in [0.2, 0.25) is 0 Å². The molecule has 0 aliphatic heterocycles. The minimum atomic E-state index is -0.924. The molecule has 0 fully saturated rings. The van der Waals surface area contributed by atoms with E-state index in [1.165, 1.54) is 0 Å². The lowest BCUT2D eigenvalue weighted by atomic mass is 9.77. The monoisotopic (exact) mass is 328 g/mol. The molecular formula is C20H24O4. The van der Waals surface area contributed by atoms with Crippen molar-refractivity contribution in [2.45, 2.75) is 45.6 Å². The minimum Gasteiger partial charge on any atom is -0.507 e. The van der Waals surface area contributed by atoms with Crippen LogP contribution in [-0.2, 0) is 5.41 Å². The van der Waals surface area contributed by atoms with Crippen molar-refractivity contribution < 1.29 is 14.6 Å². The van der Waals surface area contributed by atoms with Gasteiger partial charge in [0.15, 0.2) is 0 Å². The van der Waals surface area contributed by atoms with Gasteiger partial charge >= 0.3 is 5.63 Å². The first-order valence-electron chi connectivity index (χ1n) is 7.92. The van der Waals surface area contributed by atoms with E-state index in [1.54, 1.807) is 31.2 Å². The maximum atomic E-state index is 12.5. The molecular weight excluding hydrogens is 304 g/mol. The number of hydrogen-bond acceptors (Lipinski definition) is 4. The van der Waals surface area contributed by atoms with Crippen LogP contribution in [0.25, 0.3) is 11.0 Å². The first-order chi connectivity index (χ1) is 11.2. The van der Waals surface area contributed by atoms with Crippen LogP contribution >= 0.6 is 0 Å². The molecule has 1 aromatic heterocycles. The highest BCUT2D eigenvalue weighted by molar-refractivity contribution is 5.87. The molecule has 0 spiro atoms. The third-order valence-corrected chi connectivity index (χ3v) is 4.30. The number of fused-ring (bicyclic) bond motifs is 1. The van der Waals surface area contributed by atoms with Crippen molar-refractivity contribution in [2.24, 2.45) is 0 Å². The van der Waals surface area contributed by atoms with Crippen LogP contribution in [0.4, 0.5) is 0 Å². The molecule has 2 rings (SSSR count).